The van der Waals surface area contributed by atoms with Crippen molar-refractivity contribution in [2.75, 3.05) is 13.2 Å². The molecule has 0 radical (unpaired) electrons. The molecule has 2 aromatic carbocycles. The van der Waals surface area contributed by atoms with Crippen LogP contribution in [0.2, 0.25) is 0 Å². The average Bonchev–Trinajstić information content (AvgIpc) is 3.25. The molecule has 0 spiro atoms. The zero-order valence-electron chi connectivity index (χ0n) is 16.8. The van der Waals surface area contributed by atoms with E-state index in [-0.39, 0.29) is 18.0 Å². The van der Waals surface area contributed by atoms with E-state index in [9.17, 15) is 4.79 Å². The molecule has 150 valence electrons. The highest BCUT2D eigenvalue weighted by molar-refractivity contribution is 6.07. The average molecular weight is 389 g/mol. The van der Waals surface area contributed by atoms with E-state index in [0.717, 1.165) is 55.1 Å². The van der Waals surface area contributed by atoms with Crippen LogP contribution < -0.4 is 0 Å². The van der Waals surface area contributed by atoms with Gasteiger partial charge >= 0.3 is 0 Å². The Balaban J connectivity index is 1.33. The third kappa shape index (κ3) is 3.58. The maximum Gasteiger partial charge on any atom is 0.256 e. The highest BCUT2D eigenvalue weighted by Gasteiger charge is 2.41. The molecule has 0 aliphatic carbocycles. The van der Waals surface area contributed by atoms with Crippen molar-refractivity contribution in [3.05, 3.63) is 71.9 Å². The zero-order valence-corrected chi connectivity index (χ0v) is 16.8. The van der Waals surface area contributed by atoms with Crippen molar-refractivity contribution in [1.29, 1.82) is 0 Å². The predicted octanol–water partition coefficient (Wildman–Crippen LogP) is 4.67. The lowest BCUT2D eigenvalue weighted by Crippen LogP contribution is -2.49. The fourth-order valence-electron chi connectivity index (χ4n) is 4.96. The second-order valence-electron chi connectivity index (χ2n) is 8.33. The molecule has 1 aromatic heterocycles. The van der Waals surface area contributed by atoms with Gasteiger partial charge in [0, 0.05) is 23.6 Å². The van der Waals surface area contributed by atoms with Crippen molar-refractivity contribution in [2.45, 2.75) is 50.7 Å². The molecule has 29 heavy (non-hydrogen) atoms. The minimum atomic E-state index is 0.181. The van der Waals surface area contributed by atoms with Gasteiger partial charge in [0.05, 0.1) is 30.9 Å². The highest BCUT2D eigenvalue weighted by Crippen LogP contribution is 2.32. The fourth-order valence-corrected chi connectivity index (χ4v) is 4.96. The molecule has 2 fully saturated rings. The molecule has 0 N–H and O–H groups in total. The Labute approximate surface area is 172 Å². The molecule has 4 nitrogen and oxygen atoms in total. The van der Waals surface area contributed by atoms with Crippen LogP contribution in [0.3, 0.4) is 0 Å². The van der Waals surface area contributed by atoms with Gasteiger partial charge in [0.15, 0.2) is 0 Å². The summed E-state index contributed by atoms with van der Waals surface area (Å²) in [4.78, 5) is 15.6. The third-order valence-electron chi connectivity index (χ3n) is 6.45. The lowest BCUT2D eigenvalue weighted by molar-refractivity contribution is -0.00706. The largest absolute Gasteiger partial charge is 0.377 e. The van der Waals surface area contributed by atoms with Crippen molar-refractivity contribution in [2.24, 2.45) is 0 Å². The second-order valence-corrected chi connectivity index (χ2v) is 8.33. The summed E-state index contributed by atoms with van der Waals surface area (Å²) in [6.45, 7) is 2.30. The molecule has 2 saturated heterocycles. The minimum absolute atomic E-state index is 0.181. The maximum atomic E-state index is 13.5. The molecule has 4 heteroatoms. The molecular formula is C25H28N2O2. The minimum Gasteiger partial charge on any atom is -0.377 e. The van der Waals surface area contributed by atoms with Gasteiger partial charge in [0.1, 0.15) is 0 Å². The monoisotopic (exact) mass is 388 g/mol. The highest BCUT2D eigenvalue weighted by atomic mass is 16.5. The van der Waals surface area contributed by atoms with E-state index in [1.165, 1.54) is 5.56 Å². The van der Waals surface area contributed by atoms with E-state index >= 15 is 0 Å². The Kier molecular flexibility index (Phi) is 5.11. The molecule has 5 rings (SSSR count). The van der Waals surface area contributed by atoms with Gasteiger partial charge in [-0.05, 0) is 43.7 Å². The fraction of sp³-hybridized carbons (Fsp3) is 0.400. The summed E-state index contributed by atoms with van der Waals surface area (Å²) in [6.07, 6.45) is 7.56. The molecule has 0 saturated carbocycles. The van der Waals surface area contributed by atoms with Crippen LogP contribution in [0.5, 0.6) is 0 Å². The number of unbranched alkanes of at least 4 members (excludes halogenated alkanes) is 1. The first-order valence-electron chi connectivity index (χ1n) is 10.8. The number of rotatable bonds is 6. The van der Waals surface area contributed by atoms with Crippen LogP contribution in [0.4, 0.5) is 0 Å². The first-order chi connectivity index (χ1) is 14.3. The number of amides is 1. The summed E-state index contributed by atoms with van der Waals surface area (Å²) in [7, 11) is 0. The lowest BCUT2D eigenvalue weighted by atomic mass is 10.1. The van der Waals surface area contributed by atoms with Gasteiger partial charge in [-0.15, -0.1) is 0 Å². The SMILES string of the molecule is O=C(c1cn(CCCCc2ccccc2)c2ccccc12)N1C2CCC1COC2. The molecular weight excluding hydrogens is 360 g/mol. The lowest BCUT2D eigenvalue weighted by Gasteiger charge is -2.34. The Morgan fingerprint density at radius 1 is 0.931 bits per heavy atom. The number of aromatic nitrogens is 1. The number of hydrogen-bond acceptors (Lipinski definition) is 2. The predicted molar refractivity (Wildman–Crippen MR) is 115 cm³/mol. The smallest absolute Gasteiger partial charge is 0.256 e. The van der Waals surface area contributed by atoms with Crippen LogP contribution in [0.25, 0.3) is 10.9 Å². The summed E-state index contributed by atoms with van der Waals surface area (Å²) in [5.74, 6) is 0.181. The molecule has 3 heterocycles. The number of fused-ring (bicyclic) bond motifs is 3. The number of carbonyl (C=O) groups is 1. The van der Waals surface area contributed by atoms with Crippen LogP contribution in [-0.2, 0) is 17.7 Å². The van der Waals surface area contributed by atoms with Crippen LogP contribution in [0.1, 0.15) is 41.6 Å². The Hall–Kier alpha value is -2.59. The molecule has 2 aliphatic heterocycles. The third-order valence-corrected chi connectivity index (χ3v) is 6.45. The number of carbonyl (C=O) groups excluding carboxylic acids is 1. The van der Waals surface area contributed by atoms with Gasteiger partial charge in [-0.25, -0.2) is 0 Å². The first kappa shape index (κ1) is 18.4. The van der Waals surface area contributed by atoms with Crippen molar-refractivity contribution in [3.8, 4) is 0 Å². The van der Waals surface area contributed by atoms with E-state index in [1.807, 2.05) is 6.07 Å². The van der Waals surface area contributed by atoms with Crippen LogP contribution in [0.15, 0.2) is 60.8 Å². The summed E-state index contributed by atoms with van der Waals surface area (Å²) in [6, 6.07) is 19.5. The summed E-state index contributed by atoms with van der Waals surface area (Å²) < 4.78 is 7.94. The molecule has 2 atom stereocenters. The van der Waals surface area contributed by atoms with Gasteiger partial charge in [-0.2, -0.15) is 0 Å². The number of morpholine rings is 1. The maximum absolute atomic E-state index is 13.5. The van der Waals surface area contributed by atoms with Crippen LogP contribution >= 0.6 is 0 Å². The van der Waals surface area contributed by atoms with Crippen LogP contribution in [-0.4, -0.2) is 40.7 Å². The van der Waals surface area contributed by atoms with Crippen molar-refractivity contribution < 1.29 is 9.53 Å². The van der Waals surface area contributed by atoms with Gasteiger partial charge < -0.3 is 14.2 Å². The number of ether oxygens (including phenoxy) is 1. The molecule has 2 unspecified atom stereocenters. The number of aryl methyl sites for hydroxylation is 2. The van der Waals surface area contributed by atoms with E-state index in [4.69, 9.17) is 4.74 Å². The van der Waals surface area contributed by atoms with Crippen LogP contribution in [0, 0.1) is 0 Å². The van der Waals surface area contributed by atoms with Crippen molar-refractivity contribution in [3.63, 3.8) is 0 Å². The second kappa shape index (κ2) is 8.03. The number of para-hydroxylation sites is 1. The standard InChI is InChI=1S/C25H28N2O2/c28-25(27-20-13-14-21(27)18-29-17-20)23-16-26(24-12-5-4-11-22(23)24)15-7-6-10-19-8-2-1-3-9-19/h1-5,8-9,11-12,16,20-21H,6-7,10,13-15,17-18H2. The summed E-state index contributed by atoms with van der Waals surface area (Å²) in [5, 5.41) is 1.08. The Morgan fingerprint density at radius 3 is 2.45 bits per heavy atom. The van der Waals surface area contributed by atoms with Gasteiger partial charge in [0.2, 0.25) is 0 Å². The summed E-state index contributed by atoms with van der Waals surface area (Å²) in [5.41, 5.74) is 3.40. The van der Waals surface area contributed by atoms with E-state index in [2.05, 4.69) is 64.2 Å². The quantitative estimate of drug-likeness (QED) is 0.575. The van der Waals surface area contributed by atoms with Gasteiger partial charge in [0.25, 0.3) is 5.91 Å². The molecule has 2 bridgehead atoms. The molecule has 2 aliphatic rings. The van der Waals surface area contributed by atoms with Gasteiger partial charge in [-0.3, -0.25) is 4.79 Å². The molecule has 1 amide bonds. The Bertz CT molecular complexity index is 978. The van der Waals surface area contributed by atoms with Crippen molar-refractivity contribution >= 4 is 16.8 Å². The zero-order chi connectivity index (χ0) is 19.6. The van der Waals surface area contributed by atoms with E-state index in [0.29, 0.717) is 13.2 Å². The topological polar surface area (TPSA) is 34.5 Å². The van der Waals surface area contributed by atoms with E-state index in [1.54, 1.807) is 0 Å². The number of hydrogen-bond donors (Lipinski definition) is 0. The normalized spacial score (nSPS) is 21.0. The van der Waals surface area contributed by atoms with Crippen molar-refractivity contribution in [1.82, 2.24) is 9.47 Å². The summed E-state index contributed by atoms with van der Waals surface area (Å²) >= 11 is 0. The number of benzene rings is 2. The first-order valence-corrected chi connectivity index (χ1v) is 10.8. The van der Waals surface area contributed by atoms with E-state index < -0.39 is 0 Å². The van der Waals surface area contributed by atoms with Gasteiger partial charge in [-0.1, -0.05) is 48.5 Å². The Morgan fingerprint density at radius 2 is 1.66 bits per heavy atom. The molecule has 3 aromatic rings. The number of nitrogens with zero attached hydrogens (tertiary/aromatic N) is 2.